The van der Waals surface area contributed by atoms with Gasteiger partial charge in [-0.2, -0.15) is 0 Å². The van der Waals surface area contributed by atoms with Crippen LogP contribution in [0.3, 0.4) is 0 Å². The normalized spacial score (nSPS) is 28.3. The zero-order valence-corrected chi connectivity index (χ0v) is 17.1. The Balaban J connectivity index is 0.00000242. The molecule has 130 valence electrons. The summed E-state index contributed by atoms with van der Waals surface area (Å²) < 4.78 is 23.4. The molecule has 6 nitrogen and oxygen atoms in total. The largest absolute Gasteiger partial charge is 0.355 e. The molecule has 0 aromatic rings. The first kappa shape index (κ1) is 20.0. The van der Waals surface area contributed by atoms with Crippen molar-refractivity contribution in [3.63, 3.8) is 0 Å². The summed E-state index contributed by atoms with van der Waals surface area (Å²) in [6, 6.07) is 0.545. The van der Waals surface area contributed by atoms with Crippen molar-refractivity contribution in [2.24, 2.45) is 4.99 Å². The minimum atomic E-state index is -3.01. The van der Waals surface area contributed by atoms with Gasteiger partial charge in [0, 0.05) is 32.7 Å². The number of nitrogens with zero attached hydrogens (tertiary/aromatic N) is 3. The molecule has 0 aromatic heterocycles. The number of halogens is 1. The molecule has 1 N–H and O–H groups in total. The minimum Gasteiger partial charge on any atom is -0.355 e. The summed E-state index contributed by atoms with van der Waals surface area (Å²) in [5, 5.41) is 3.42. The van der Waals surface area contributed by atoms with Crippen molar-refractivity contribution in [2.45, 2.75) is 37.5 Å². The van der Waals surface area contributed by atoms with Crippen LogP contribution < -0.4 is 5.32 Å². The second-order valence-electron chi connectivity index (χ2n) is 6.70. The predicted octanol–water partition coefficient (Wildman–Crippen LogP) is 0.783. The van der Waals surface area contributed by atoms with Crippen LogP contribution in [-0.2, 0) is 9.84 Å². The van der Waals surface area contributed by atoms with E-state index in [2.05, 4.69) is 27.2 Å². The summed E-state index contributed by atoms with van der Waals surface area (Å²) in [7, 11) is 0.904. The number of rotatable bonds is 2. The van der Waals surface area contributed by atoms with Gasteiger partial charge >= 0.3 is 0 Å². The monoisotopic (exact) mass is 444 g/mol. The van der Waals surface area contributed by atoms with E-state index in [1.165, 1.54) is 12.8 Å². The van der Waals surface area contributed by atoms with Crippen molar-refractivity contribution in [2.75, 3.05) is 46.0 Å². The standard InChI is InChI=1S/C14H28N4O2S.HI/c1-14(2)11-18(8-9-21(14,19)20)13(15-3)16-10-12-6-5-7-17(12)4;/h12H,5-11H2,1-4H3,(H,15,16);1H. The summed E-state index contributed by atoms with van der Waals surface area (Å²) in [5.74, 6) is 1.02. The fourth-order valence-electron chi connectivity index (χ4n) is 3.10. The first-order valence-corrected chi connectivity index (χ1v) is 9.30. The molecule has 2 rings (SSSR count). The van der Waals surface area contributed by atoms with Gasteiger partial charge in [-0.05, 0) is 40.3 Å². The van der Waals surface area contributed by atoms with Gasteiger partial charge in [0.15, 0.2) is 15.8 Å². The number of aliphatic imine (C=N–C) groups is 1. The van der Waals surface area contributed by atoms with Crippen LogP contribution in [0.5, 0.6) is 0 Å². The molecule has 22 heavy (non-hydrogen) atoms. The molecule has 2 saturated heterocycles. The average molecular weight is 444 g/mol. The maximum absolute atomic E-state index is 12.1. The summed E-state index contributed by atoms with van der Waals surface area (Å²) in [5.41, 5.74) is 0. The lowest BCUT2D eigenvalue weighted by Gasteiger charge is -2.39. The van der Waals surface area contributed by atoms with Gasteiger partial charge < -0.3 is 15.1 Å². The van der Waals surface area contributed by atoms with E-state index in [-0.39, 0.29) is 29.7 Å². The smallest absolute Gasteiger partial charge is 0.193 e. The van der Waals surface area contributed by atoms with E-state index in [1.54, 1.807) is 20.9 Å². The van der Waals surface area contributed by atoms with Crippen LogP contribution in [-0.4, -0.2) is 81.0 Å². The highest BCUT2D eigenvalue weighted by atomic mass is 127. The molecule has 2 aliphatic heterocycles. The van der Waals surface area contributed by atoms with Crippen LogP contribution in [0.4, 0.5) is 0 Å². The van der Waals surface area contributed by atoms with Gasteiger partial charge in [-0.3, -0.25) is 4.99 Å². The summed E-state index contributed by atoms with van der Waals surface area (Å²) in [6.07, 6.45) is 2.46. The van der Waals surface area contributed by atoms with Gasteiger partial charge in [-0.1, -0.05) is 0 Å². The van der Waals surface area contributed by atoms with E-state index in [9.17, 15) is 8.42 Å². The molecule has 2 fully saturated rings. The van der Waals surface area contributed by atoms with Gasteiger partial charge in [0.1, 0.15) is 0 Å². The number of guanidine groups is 1. The van der Waals surface area contributed by atoms with Crippen LogP contribution in [0.15, 0.2) is 4.99 Å². The lowest BCUT2D eigenvalue weighted by molar-refractivity contribution is 0.301. The van der Waals surface area contributed by atoms with E-state index in [0.29, 0.717) is 19.1 Å². The van der Waals surface area contributed by atoms with Gasteiger partial charge in [0.05, 0.1) is 10.5 Å². The van der Waals surface area contributed by atoms with Crippen LogP contribution >= 0.6 is 24.0 Å². The van der Waals surface area contributed by atoms with E-state index in [0.717, 1.165) is 19.0 Å². The Morgan fingerprint density at radius 2 is 2.05 bits per heavy atom. The summed E-state index contributed by atoms with van der Waals surface area (Å²) in [4.78, 5) is 8.76. The highest BCUT2D eigenvalue weighted by Gasteiger charge is 2.41. The van der Waals surface area contributed by atoms with Gasteiger partial charge in [-0.25, -0.2) is 8.42 Å². The highest BCUT2D eigenvalue weighted by molar-refractivity contribution is 14.0. The second-order valence-corrected chi connectivity index (χ2v) is 9.45. The Labute approximate surface area is 151 Å². The van der Waals surface area contributed by atoms with E-state index >= 15 is 0 Å². The van der Waals surface area contributed by atoms with Gasteiger partial charge in [0.2, 0.25) is 0 Å². The molecule has 0 saturated carbocycles. The molecule has 2 aliphatic rings. The molecule has 1 unspecified atom stereocenters. The number of hydrogen-bond acceptors (Lipinski definition) is 4. The van der Waals surface area contributed by atoms with E-state index in [1.807, 2.05) is 0 Å². The summed E-state index contributed by atoms with van der Waals surface area (Å²) >= 11 is 0. The van der Waals surface area contributed by atoms with Gasteiger partial charge in [-0.15, -0.1) is 24.0 Å². The second kappa shape index (κ2) is 7.65. The molecule has 0 amide bonds. The SMILES string of the molecule is CN=C(NCC1CCCN1C)N1CCS(=O)(=O)C(C)(C)C1.I. The predicted molar refractivity (Wildman–Crippen MR) is 102 cm³/mol. The van der Waals surface area contributed by atoms with Crippen molar-refractivity contribution < 1.29 is 8.42 Å². The minimum absolute atomic E-state index is 0. The Kier molecular flexibility index (Phi) is 6.94. The zero-order valence-electron chi connectivity index (χ0n) is 14.0. The third-order valence-corrected chi connectivity index (χ3v) is 7.26. The first-order valence-electron chi connectivity index (χ1n) is 7.65. The van der Waals surface area contributed by atoms with E-state index in [4.69, 9.17) is 0 Å². The van der Waals surface area contributed by atoms with Crippen molar-refractivity contribution in [3.8, 4) is 0 Å². The fraction of sp³-hybridized carbons (Fsp3) is 0.929. The quantitative estimate of drug-likeness (QED) is 0.388. The first-order chi connectivity index (χ1) is 9.77. The molecule has 0 spiro atoms. The molecule has 8 heteroatoms. The van der Waals surface area contributed by atoms with Gasteiger partial charge in [0.25, 0.3) is 0 Å². The van der Waals surface area contributed by atoms with E-state index < -0.39 is 14.6 Å². The molecular formula is C14H29IN4O2S. The molecule has 0 bridgehead atoms. The number of likely N-dealkylation sites (N-methyl/N-ethyl adjacent to an activating group) is 1. The van der Waals surface area contributed by atoms with Crippen LogP contribution in [0.1, 0.15) is 26.7 Å². The highest BCUT2D eigenvalue weighted by Crippen LogP contribution is 2.23. The van der Waals surface area contributed by atoms with Crippen LogP contribution in [0.25, 0.3) is 0 Å². The molecule has 0 aliphatic carbocycles. The molecular weight excluding hydrogens is 415 g/mol. The van der Waals surface area contributed by atoms with Crippen molar-refractivity contribution in [3.05, 3.63) is 0 Å². The Hall–Kier alpha value is -0.0900. The topological polar surface area (TPSA) is 65.0 Å². The lowest BCUT2D eigenvalue weighted by atomic mass is 10.2. The Morgan fingerprint density at radius 3 is 2.55 bits per heavy atom. The van der Waals surface area contributed by atoms with Crippen LogP contribution in [0.2, 0.25) is 0 Å². The molecule has 0 radical (unpaired) electrons. The lowest BCUT2D eigenvalue weighted by Crippen LogP contribution is -2.58. The zero-order chi connectivity index (χ0) is 15.7. The number of sulfone groups is 1. The van der Waals surface area contributed by atoms with Crippen molar-refractivity contribution in [1.29, 1.82) is 0 Å². The molecule has 0 aromatic carbocycles. The van der Waals surface area contributed by atoms with Crippen LogP contribution in [0, 0.1) is 0 Å². The number of likely N-dealkylation sites (tertiary alicyclic amines) is 1. The van der Waals surface area contributed by atoms with Crippen molar-refractivity contribution in [1.82, 2.24) is 15.1 Å². The molecule has 1 atom stereocenters. The third-order valence-electron chi connectivity index (χ3n) is 4.72. The van der Waals surface area contributed by atoms with Crippen molar-refractivity contribution >= 4 is 39.8 Å². The maximum Gasteiger partial charge on any atom is 0.193 e. The summed E-state index contributed by atoms with van der Waals surface area (Å²) in [6.45, 7) is 6.63. The fourth-order valence-corrected chi connectivity index (χ4v) is 4.47. The molecule has 2 heterocycles. The maximum atomic E-state index is 12.1. The Bertz CT molecular complexity index is 507. The Morgan fingerprint density at radius 1 is 1.36 bits per heavy atom. The number of nitrogens with one attached hydrogen (secondary N) is 1. The third kappa shape index (κ3) is 4.25. The average Bonchev–Trinajstić information content (AvgIpc) is 2.80. The number of hydrogen-bond donors (Lipinski definition) is 1.